The number of aromatic nitrogens is 5. The summed E-state index contributed by atoms with van der Waals surface area (Å²) in [6, 6.07) is 79.5. The van der Waals surface area contributed by atoms with Crippen LogP contribution in [0.3, 0.4) is 0 Å². The Hall–Kier alpha value is -9.78. The van der Waals surface area contributed by atoms with Crippen molar-refractivity contribution in [3.8, 4) is 78.9 Å². The second kappa shape index (κ2) is 20.4. The third-order valence-electron chi connectivity index (χ3n) is 20.4. The molecule has 14 aromatic rings. The maximum atomic E-state index is 7.13. The molecule has 0 atom stereocenters. The van der Waals surface area contributed by atoms with Gasteiger partial charge in [0.15, 0.2) is 0 Å². The smallest absolute Gasteiger partial charge is 0.269 e. The fourth-order valence-electron chi connectivity index (χ4n) is 15.1. The van der Waals surface area contributed by atoms with Crippen LogP contribution in [0.2, 0.25) is 0 Å². The van der Waals surface area contributed by atoms with E-state index in [1.54, 1.807) is 0 Å². The Morgan fingerprint density at radius 3 is 1.54 bits per heavy atom. The standard InChI is InChI=1S/C86H79N5O/c1-82(2,3)54-38-41-87-79(45-54)91-76-35-21-18-30-66(76)67-37-36-60(49-77(67)91)92-59-25-22-24-57(46-59)88-52-89-80-61(53-42-55(83(4,5)6)44-56(43-53)84(7,8)9)31-23-32-68(80)70-51-73-72(85(10,11)39-40-86(73,12)13)50-69(70)62-26-14-15-27-63(62)71-47-58(48-78(88)81(71)89)90-74-33-19-16-28-64(74)65-29-17-20-34-75(65)90/h14-38,41-51H,39-40H2,1-13H3. The Balaban J connectivity index is 0.997. The zero-order valence-corrected chi connectivity index (χ0v) is 55.3. The summed E-state index contributed by atoms with van der Waals surface area (Å²) in [6.07, 6.45) is 8.39. The normalized spacial score (nSPS) is 14.4. The van der Waals surface area contributed by atoms with Gasteiger partial charge >= 0.3 is 0 Å². The molecule has 92 heavy (non-hydrogen) atoms. The lowest BCUT2D eigenvalue weighted by molar-refractivity contribution is -0.570. The van der Waals surface area contributed by atoms with Crippen LogP contribution >= 0.6 is 0 Å². The van der Waals surface area contributed by atoms with Crippen molar-refractivity contribution in [1.29, 1.82) is 0 Å². The lowest BCUT2D eigenvalue weighted by Gasteiger charge is -2.42. The van der Waals surface area contributed by atoms with E-state index < -0.39 is 0 Å². The van der Waals surface area contributed by atoms with Gasteiger partial charge in [-0.3, -0.25) is 13.7 Å². The molecular formula is C86H79N5O. The van der Waals surface area contributed by atoms with Gasteiger partial charge in [0.1, 0.15) is 17.3 Å². The number of fused-ring (bicyclic) bond motifs is 14. The van der Waals surface area contributed by atoms with Crippen LogP contribution in [0.25, 0.3) is 122 Å². The Bertz CT molecular complexity index is 5300. The number of pyridine rings is 1. The minimum atomic E-state index is -0.111. The number of para-hydroxylation sites is 4. The molecule has 0 bridgehead atoms. The number of nitrogens with zero attached hydrogens (tertiary/aromatic N) is 5. The van der Waals surface area contributed by atoms with Crippen molar-refractivity contribution in [2.24, 2.45) is 0 Å². The predicted molar refractivity (Wildman–Crippen MR) is 383 cm³/mol. The first-order valence-corrected chi connectivity index (χ1v) is 32.9. The van der Waals surface area contributed by atoms with E-state index in [1.807, 2.05) is 6.20 Å². The summed E-state index contributed by atoms with van der Waals surface area (Å²) in [6.45, 7) is 30.6. The molecule has 0 saturated heterocycles. The highest BCUT2D eigenvalue weighted by Crippen LogP contribution is 2.53. The van der Waals surface area contributed by atoms with Crippen LogP contribution in [0.15, 0.2) is 219 Å². The number of rotatable bonds is 6. The van der Waals surface area contributed by atoms with Gasteiger partial charge in [0, 0.05) is 39.5 Å². The minimum Gasteiger partial charge on any atom is -0.458 e. The molecule has 4 aromatic heterocycles. The van der Waals surface area contributed by atoms with E-state index in [1.165, 1.54) is 71.8 Å². The maximum Gasteiger partial charge on any atom is 0.269 e. The van der Waals surface area contributed by atoms with Crippen molar-refractivity contribution < 1.29 is 9.30 Å². The largest absolute Gasteiger partial charge is 0.458 e. The number of imidazole rings is 1. The van der Waals surface area contributed by atoms with Crippen LogP contribution < -0.4 is 9.30 Å². The summed E-state index contributed by atoms with van der Waals surface area (Å²) >= 11 is 0. The summed E-state index contributed by atoms with van der Waals surface area (Å²) in [7, 11) is 0. The number of hydrogen-bond donors (Lipinski definition) is 0. The first-order valence-electron chi connectivity index (χ1n) is 32.9. The fourth-order valence-corrected chi connectivity index (χ4v) is 15.1. The molecule has 0 spiro atoms. The van der Waals surface area contributed by atoms with E-state index >= 15 is 0 Å². The van der Waals surface area contributed by atoms with E-state index in [4.69, 9.17) is 9.72 Å². The van der Waals surface area contributed by atoms with Crippen molar-refractivity contribution in [3.63, 3.8) is 0 Å². The summed E-state index contributed by atoms with van der Waals surface area (Å²) in [5.41, 5.74) is 25.4. The number of hydrogen-bond acceptors (Lipinski definition) is 2. The minimum absolute atomic E-state index is 0.0237. The highest BCUT2D eigenvalue weighted by Gasteiger charge is 2.39. The SMILES string of the molecule is CC(C)(C)c1cc(-c2cccc3c2-[n+]2[c-]n(-c4cccc(Oc5ccc6c7ccccc7n(-c7cc(C(C)(C)C)ccn7)c6c5)c4)c4cc(-n5c6ccccc6c6ccccc65)cc(c42)-c2ccccc2-c2cc4c(cc2-3)C(C)(C)CCC4(C)C)cc(C(C)(C)C)c1. The first-order chi connectivity index (χ1) is 44.0. The van der Waals surface area contributed by atoms with Gasteiger partial charge < -0.3 is 9.30 Å². The lowest BCUT2D eigenvalue weighted by Crippen LogP contribution is -2.34. The monoisotopic (exact) mass is 1200 g/mol. The molecule has 0 unspecified atom stereocenters. The van der Waals surface area contributed by atoms with Gasteiger partial charge in [-0.2, -0.15) is 0 Å². The third kappa shape index (κ3) is 9.18. The molecule has 1 aliphatic heterocycles. The van der Waals surface area contributed by atoms with Gasteiger partial charge in [0.05, 0.1) is 44.5 Å². The molecule has 0 N–H and O–H groups in total. The van der Waals surface area contributed by atoms with Crippen LogP contribution in [0.5, 0.6) is 11.5 Å². The van der Waals surface area contributed by atoms with Crippen molar-refractivity contribution >= 4 is 54.6 Å². The van der Waals surface area contributed by atoms with E-state index in [9.17, 15) is 0 Å². The molecule has 5 heterocycles. The zero-order valence-electron chi connectivity index (χ0n) is 55.3. The Kier molecular flexibility index (Phi) is 12.7. The summed E-state index contributed by atoms with van der Waals surface area (Å²) < 4.78 is 16.6. The topological polar surface area (TPSA) is 40.8 Å². The molecule has 0 fully saturated rings. The van der Waals surface area contributed by atoms with Crippen LogP contribution in [-0.4, -0.2) is 18.7 Å². The quantitative estimate of drug-likeness (QED) is 0.123. The molecule has 10 aromatic carbocycles. The Morgan fingerprint density at radius 1 is 0.402 bits per heavy atom. The summed E-state index contributed by atoms with van der Waals surface area (Å²) in [5, 5.41) is 4.74. The van der Waals surface area contributed by atoms with Crippen molar-refractivity contribution in [2.75, 3.05) is 0 Å². The summed E-state index contributed by atoms with van der Waals surface area (Å²) in [4.78, 5) is 5.00. The van der Waals surface area contributed by atoms with Gasteiger partial charge in [-0.25, -0.2) is 4.98 Å². The van der Waals surface area contributed by atoms with Crippen LogP contribution in [0.1, 0.15) is 131 Å². The average Bonchev–Trinajstić information content (AvgIpc) is 1.45. The van der Waals surface area contributed by atoms with Gasteiger partial charge in [-0.15, -0.1) is 0 Å². The van der Waals surface area contributed by atoms with Crippen molar-refractivity contribution in [2.45, 2.75) is 130 Å². The van der Waals surface area contributed by atoms with Crippen LogP contribution in [0.4, 0.5) is 0 Å². The van der Waals surface area contributed by atoms with Gasteiger partial charge in [0.25, 0.3) is 6.33 Å². The number of ether oxygens (including phenoxy) is 1. The number of benzene rings is 10. The molecule has 0 radical (unpaired) electrons. The maximum absolute atomic E-state index is 7.13. The Morgan fingerprint density at radius 2 is 0.924 bits per heavy atom. The highest BCUT2D eigenvalue weighted by molar-refractivity contribution is 6.11. The third-order valence-corrected chi connectivity index (χ3v) is 20.4. The second-order valence-corrected chi connectivity index (χ2v) is 30.5. The zero-order chi connectivity index (χ0) is 63.5. The van der Waals surface area contributed by atoms with Gasteiger partial charge in [-0.05, 0) is 191 Å². The molecule has 0 amide bonds. The Labute approximate surface area is 541 Å². The lowest BCUT2D eigenvalue weighted by atomic mass is 9.62. The van der Waals surface area contributed by atoms with Crippen LogP contribution in [0, 0.1) is 6.33 Å². The summed E-state index contributed by atoms with van der Waals surface area (Å²) in [5.74, 6) is 2.32. The first kappa shape index (κ1) is 57.4. The molecule has 1 aliphatic carbocycles. The predicted octanol–water partition coefficient (Wildman–Crippen LogP) is 22.3. The van der Waals surface area contributed by atoms with Gasteiger partial charge in [-0.1, -0.05) is 217 Å². The van der Waals surface area contributed by atoms with E-state index in [-0.39, 0.29) is 27.1 Å². The molecule has 6 nitrogen and oxygen atoms in total. The molecule has 16 rings (SSSR count). The molecular weight excluding hydrogens is 1120 g/mol. The molecule has 6 heteroatoms. The van der Waals surface area contributed by atoms with E-state index in [0.717, 1.165) is 96.6 Å². The fraction of sp³-hybridized carbons (Fsp3) is 0.233. The molecule has 0 saturated carbocycles. The van der Waals surface area contributed by atoms with E-state index in [2.05, 4.69) is 327 Å². The second-order valence-electron chi connectivity index (χ2n) is 30.5. The molecule has 2 aliphatic rings. The van der Waals surface area contributed by atoms with Crippen molar-refractivity contribution in [1.82, 2.24) is 18.7 Å². The van der Waals surface area contributed by atoms with E-state index in [0.29, 0.717) is 5.75 Å². The van der Waals surface area contributed by atoms with Crippen LogP contribution in [-0.2, 0) is 27.1 Å². The van der Waals surface area contributed by atoms with Gasteiger partial charge in [0.2, 0.25) is 0 Å². The highest BCUT2D eigenvalue weighted by atomic mass is 16.5. The van der Waals surface area contributed by atoms with Crippen molar-refractivity contribution in [3.05, 3.63) is 253 Å². The molecule has 454 valence electrons. The average molecular weight is 1200 g/mol.